The average Bonchev–Trinajstić information content (AvgIpc) is 3.54. The number of rotatable bonds is 7. The highest BCUT2D eigenvalue weighted by atomic mass is 15.1. The Morgan fingerprint density at radius 1 is 0.438 bits per heavy atom. The molecule has 0 aliphatic heterocycles. The number of benzene rings is 7. The van der Waals surface area contributed by atoms with Gasteiger partial charge in [-0.3, -0.25) is 0 Å². The smallest absolute Gasteiger partial charge is 0.0467 e. The number of nitrogens with zero attached hydrogens (tertiary/aromatic N) is 1. The van der Waals surface area contributed by atoms with Crippen LogP contribution in [-0.2, 0) is 29.1 Å². The molecule has 0 saturated heterocycles. The van der Waals surface area contributed by atoms with Crippen molar-refractivity contribution >= 4 is 17.1 Å². The fraction of sp³-hybridized carbons (Fsp3) is 0.333. The molecule has 3 aliphatic rings. The number of hydrogen-bond acceptors (Lipinski definition) is 1. The Labute approximate surface area is 384 Å². The Kier molecular flexibility index (Phi) is 10.8. The molecule has 0 heterocycles. The minimum Gasteiger partial charge on any atom is -0.310 e. The third kappa shape index (κ3) is 7.95. The van der Waals surface area contributed by atoms with Gasteiger partial charge in [0.1, 0.15) is 0 Å². The molecule has 64 heavy (non-hydrogen) atoms. The third-order valence-corrected chi connectivity index (χ3v) is 15.1. The predicted molar refractivity (Wildman–Crippen MR) is 275 cm³/mol. The highest BCUT2D eigenvalue weighted by Crippen LogP contribution is 2.51. The number of hydrogen-bond donors (Lipinski definition) is 0. The molecule has 1 nitrogen and oxygen atoms in total. The Hall–Kier alpha value is -5.66. The zero-order valence-electron chi connectivity index (χ0n) is 39.7. The van der Waals surface area contributed by atoms with Gasteiger partial charge in [0.25, 0.3) is 0 Å². The van der Waals surface area contributed by atoms with E-state index in [1.165, 1.54) is 145 Å². The maximum atomic E-state index is 2.53. The average molecular weight is 838 g/mol. The van der Waals surface area contributed by atoms with Gasteiger partial charge in [0.2, 0.25) is 0 Å². The largest absolute Gasteiger partial charge is 0.310 e. The molecule has 0 N–H and O–H groups in total. The Balaban J connectivity index is 1.10. The molecule has 1 heteroatoms. The van der Waals surface area contributed by atoms with Gasteiger partial charge in [0.05, 0.1) is 0 Å². The van der Waals surface area contributed by atoms with E-state index in [2.05, 4.69) is 206 Å². The molecular formula is C63H67N. The molecule has 0 amide bonds. The van der Waals surface area contributed by atoms with E-state index in [1.54, 1.807) is 0 Å². The molecule has 0 spiro atoms. The molecule has 0 unspecified atom stereocenters. The lowest BCUT2D eigenvalue weighted by Crippen LogP contribution is -2.16. The number of aryl methyl sites for hydroxylation is 1. The van der Waals surface area contributed by atoms with Crippen molar-refractivity contribution in [2.24, 2.45) is 0 Å². The van der Waals surface area contributed by atoms with E-state index in [0.29, 0.717) is 5.92 Å². The zero-order chi connectivity index (χ0) is 44.4. The minimum absolute atomic E-state index is 0.0532. The molecule has 1 fully saturated rings. The Morgan fingerprint density at radius 3 is 1.83 bits per heavy atom. The van der Waals surface area contributed by atoms with Gasteiger partial charge in [-0.2, -0.15) is 0 Å². The van der Waals surface area contributed by atoms with Gasteiger partial charge in [-0.1, -0.05) is 178 Å². The highest BCUT2D eigenvalue weighted by Gasteiger charge is 2.36. The summed E-state index contributed by atoms with van der Waals surface area (Å²) >= 11 is 0. The van der Waals surface area contributed by atoms with E-state index < -0.39 is 0 Å². The normalized spacial score (nSPS) is 15.9. The quantitative estimate of drug-likeness (QED) is 0.155. The molecule has 0 atom stereocenters. The van der Waals surface area contributed by atoms with Crippen LogP contribution in [-0.4, -0.2) is 0 Å². The van der Waals surface area contributed by atoms with E-state index in [1.807, 2.05) is 0 Å². The first-order chi connectivity index (χ1) is 30.7. The standard InChI is InChI=1S/C63H67N/c1-61(2,3)50-36-49(37-51(40-50)62(4,5)6)48-35-46-20-12-13-25-55(46)58(39-48)47-23-17-24-53(38-47)64(54-32-33-57-56-26-14-15-27-59(56)63(7,8)60(57)41-54)52-30-28-43(29-31-52)45-22-16-21-44(34-45)42-18-10-9-11-19-42/h14-17,21-24,26-42H,9-13,18-20,25H2,1-8H3. The minimum atomic E-state index is -0.0979. The van der Waals surface area contributed by atoms with Crippen LogP contribution in [0.1, 0.15) is 145 Å². The number of fused-ring (bicyclic) bond motifs is 4. The summed E-state index contributed by atoms with van der Waals surface area (Å²) in [5.74, 6) is 0.687. The molecule has 7 aromatic rings. The molecule has 0 radical (unpaired) electrons. The van der Waals surface area contributed by atoms with E-state index in [0.717, 1.165) is 12.8 Å². The van der Waals surface area contributed by atoms with E-state index in [4.69, 9.17) is 0 Å². The van der Waals surface area contributed by atoms with E-state index in [9.17, 15) is 0 Å². The van der Waals surface area contributed by atoms with Crippen molar-refractivity contribution in [2.75, 3.05) is 4.90 Å². The van der Waals surface area contributed by atoms with E-state index in [-0.39, 0.29) is 16.2 Å². The van der Waals surface area contributed by atoms with Crippen LogP contribution in [0.3, 0.4) is 0 Å². The SMILES string of the molecule is CC(C)(C)c1cc(-c2cc3c(c(-c4cccc(N(c5ccc(-c6cccc(C7CCCCC7)c6)cc5)c5ccc6c(c5)C(C)(C)c5ccccc5-6)c4)c2)CCCC3)cc(C(C)(C)C)c1. The van der Waals surface area contributed by atoms with Crippen LogP contribution in [0.15, 0.2) is 146 Å². The summed E-state index contributed by atoms with van der Waals surface area (Å²) in [5, 5.41) is 0. The third-order valence-electron chi connectivity index (χ3n) is 15.1. The predicted octanol–water partition coefficient (Wildman–Crippen LogP) is 18.0. The molecule has 0 bridgehead atoms. The van der Waals surface area contributed by atoms with Crippen LogP contribution in [0.25, 0.3) is 44.5 Å². The molecule has 0 aromatic heterocycles. The zero-order valence-corrected chi connectivity index (χ0v) is 39.7. The van der Waals surface area contributed by atoms with Crippen molar-refractivity contribution < 1.29 is 0 Å². The monoisotopic (exact) mass is 838 g/mol. The molecule has 1 saturated carbocycles. The summed E-state index contributed by atoms with van der Waals surface area (Å²) in [7, 11) is 0. The second kappa shape index (κ2) is 16.4. The van der Waals surface area contributed by atoms with Crippen molar-refractivity contribution in [2.45, 2.75) is 135 Å². The van der Waals surface area contributed by atoms with E-state index >= 15 is 0 Å². The topological polar surface area (TPSA) is 3.24 Å². The summed E-state index contributed by atoms with van der Waals surface area (Å²) in [4.78, 5) is 2.50. The van der Waals surface area contributed by atoms with Crippen LogP contribution >= 0.6 is 0 Å². The molecule has 324 valence electrons. The van der Waals surface area contributed by atoms with Crippen molar-refractivity contribution in [1.82, 2.24) is 0 Å². The highest BCUT2D eigenvalue weighted by molar-refractivity contribution is 5.88. The van der Waals surface area contributed by atoms with Crippen molar-refractivity contribution in [3.63, 3.8) is 0 Å². The van der Waals surface area contributed by atoms with Gasteiger partial charge >= 0.3 is 0 Å². The summed E-state index contributed by atoms with van der Waals surface area (Å²) in [6.45, 7) is 18.9. The second-order valence-corrected chi connectivity index (χ2v) is 22.0. The van der Waals surface area contributed by atoms with Crippen LogP contribution < -0.4 is 4.90 Å². The lowest BCUT2D eigenvalue weighted by Gasteiger charge is -2.29. The second-order valence-electron chi connectivity index (χ2n) is 22.0. The van der Waals surface area contributed by atoms with Crippen LogP contribution in [0.4, 0.5) is 17.1 Å². The van der Waals surface area contributed by atoms with Crippen LogP contribution in [0.5, 0.6) is 0 Å². The first-order valence-corrected chi connectivity index (χ1v) is 24.4. The summed E-state index contributed by atoms with van der Waals surface area (Å²) in [6.07, 6.45) is 11.5. The lowest BCUT2D eigenvalue weighted by molar-refractivity contribution is 0.444. The van der Waals surface area contributed by atoms with Gasteiger partial charge in [0, 0.05) is 22.5 Å². The van der Waals surface area contributed by atoms with Crippen molar-refractivity contribution in [1.29, 1.82) is 0 Å². The van der Waals surface area contributed by atoms with Gasteiger partial charge < -0.3 is 4.90 Å². The van der Waals surface area contributed by atoms with Gasteiger partial charge in [-0.25, -0.2) is 0 Å². The van der Waals surface area contributed by atoms with Gasteiger partial charge in [0.15, 0.2) is 0 Å². The maximum Gasteiger partial charge on any atom is 0.0467 e. The number of anilines is 3. The fourth-order valence-corrected chi connectivity index (χ4v) is 11.3. The summed E-state index contributed by atoms with van der Waals surface area (Å²) < 4.78 is 0. The molecule has 10 rings (SSSR count). The molecular weight excluding hydrogens is 771 g/mol. The van der Waals surface area contributed by atoms with Gasteiger partial charge in [-0.15, -0.1) is 0 Å². The Bertz CT molecular complexity index is 2820. The fourth-order valence-electron chi connectivity index (χ4n) is 11.3. The summed E-state index contributed by atoms with van der Waals surface area (Å²) in [6, 6.07) is 56.8. The summed E-state index contributed by atoms with van der Waals surface area (Å²) in [5.41, 5.74) is 24.3. The maximum absolute atomic E-state index is 2.53. The van der Waals surface area contributed by atoms with Crippen LogP contribution in [0.2, 0.25) is 0 Å². The van der Waals surface area contributed by atoms with Crippen molar-refractivity contribution in [3.8, 4) is 44.5 Å². The Morgan fingerprint density at radius 2 is 1.08 bits per heavy atom. The molecule has 7 aromatic carbocycles. The van der Waals surface area contributed by atoms with Crippen LogP contribution in [0, 0.1) is 0 Å². The first-order valence-electron chi connectivity index (χ1n) is 24.4. The lowest BCUT2D eigenvalue weighted by atomic mass is 9.78. The first kappa shape index (κ1) is 42.3. The molecule has 3 aliphatic carbocycles. The van der Waals surface area contributed by atoms with Crippen molar-refractivity contribution in [3.05, 3.63) is 185 Å². The van der Waals surface area contributed by atoms with Gasteiger partial charge in [-0.05, 0) is 181 Å².